The van der Waals surface area contributed by atoms with Gasteiger partial charge in [-0.15, -0.1) is 0 Å². The average molecular weight is 242 g/mol. The second-order valence-corrected chi connectivity index (χ2v) is 4.03. The van der Waals surface area contributed by atoms with Crippen LogP contribution < -0.4 is 5.73 Å². The number of nitrogens with two attached hydrogens (primary N) is 1. The summed E-state index contributed by atoms with van der Waals surface area (Å²) in [4.78, 5) is 4.30. The van der Waals surface area contributed by atoms with Crippen molar-refractivity contribution in [1.82, 2.24) is 4.98 Å². The lowest BCUT2D eigenvalue weighted by atomic mass is 9.99. The second-order valence-electron chi connectivity index (χ2n) is 4.03. The van der Waals surface area contributed by atoms with Crippen LogP contribution in [0.3, 0.4) is 0 Å². The summed E-state index contributed by atoms with van der Waals surface area (Å²) < 4.78 is 12.4. The van der Waals surface area contributed by atoms with Crippen molar-refractivity contribution in [3.63, 3.8) is 0 Å². The van der Waals surface area contributed by atoms with E-state index in [-0.39, 0.29) is 6.04 Å². The van der Waals surface area contributed by atoms with Gasteiger partial charge < -0.3 is 5.73 Å². The van der Waals surface area contributed by atoms with Gasteiger partial charge in [-0.3, -0.25) is 4.98 Å². The molecule has 2 aromatic rings. The minimum atomic E-state index is -0.461. The first kappa shape index (κ1) is 12.5. The van der Waals surface area contributed by atoms with Crippen molar-refractivity contribution in [3.05, 3.63) is 71.6 Å². The van der Waals surface area contributed by atoms with Crippen LogP contribution in [-0.4, -0.2) is 4.98 Å². The number of hydrogen-bond acceptors (Lipinski definition) is 2. The van der Waals surface area contributed by atoms with Crippen LogP contribution >= 0.6 is 0 Å². The summed E-state index contributed by atoms with van der Waals surface area (Å²) in [6.45, 7) is 3.29. The summed E-state index contributed by atoms with van der Waals surface area (Å²) in [6.07, 6.45) is 3.44. The fourth-order valence-corrected chi connectivity index (χ4v) is 1.83. The first-order valence-corrected chi connectivity index (χ1v) is 5.74. The molecule has 0 saturated heterocycles. The van der Waals surface area contributed by atoms with Crippen LogP contribution in [0.5, 0.6) is 0 Å². The molecule has 18 heavy (non-hydrogen) atoms. The maximum Gasteiger partial charge on any atom is 0.115 e. The Labute approximate surface area is 106 Å². The van der Waals surface area contributed by atoms with Crippen LogP contribution in [0.15, 0.2) is 49.2 Å². The standard InChI is InChI=1S/C15H15FN2/c1-2-12-4-3-9-18-15(12)14(17)13-7-5-11(10-16)6-8-13/h2-9,14H,1,10,17H2/t14-/m0/s1. The molecule has 1 aromatic carbocycles. The lowest BCUT2D eigenvalue weighted by Crippen LogP contribution is -2.14. The summed E-state index contributed by atoms with van der Waals surface area (Å²) in [6, 6.07) is 10.6. The Morgan fingerprint density at radius 1 is 1.28 bits per heavy atom. The average Bonchev–Trinajstić information content (AvgIpc) is 2.46. The zero-order valence-electron chi connectivity index (χ0n) is 10.0. The van der Waals surface area contributed by atoms with Gasteiger partial charge in [0.25, 0.3) is 0 Å². The van der Waals surface area contributed by atoms with Crippen LogP contribution in [0.2, 0.25) is 0 Å². The molecule has 0 bridgehead atoms. The Balaban J connectivity index is 2.34. The minimum Gasteiger partial charge on any atom is -0.319 e. The third-order valence-electron chi connectivity index (χ3n) is 2.88. The summed E-state index contributed by atoms with van der Waals surface area (Å²) >= 11 is 0. The number of benzene rings is 1. The molecule has 0 amide bonds. The molecule has 0 aliphatic carbocycles. The van der Waals surface area contributed by atoms with E-state index in [0.29, 0.717) is 5.56 Å². The monoisotopic (exact) mass is 242 g/mol. The number of pyridine rings is 1. The Hall–Kier alpha value is -2.00. The van der Waals surface area contributed by atoms with E-state index < -0.39 is 6.67 Å². The lowest BCUT2D eigenvalue weighted by molar-refractivity contribution is 0.485. The first-order valence-electron chi connectivity index (χ1n) is 5.74. The predicted molar refractivity (Wildman–Crippen MR) is 71.6 cm³/mol. The van der Waals surface area contributed by atoms with Crippen molar-refractivity contribution < 1.29 is 4.39 Å². The fourth-order valence-electron chi connectivity index (χ4n) is 1.83. The topological polar surface area (TPSA) is 38.9 Å². The number of alkyl halides is 1. The summed E-state index contributed by atoms with van der Waals surface area (Å²) in [7, 11) is 0. The number of rotatable bonds is 4. The number of nitrogens with zero attached hydrogens (tertiary/aromatic N) is 1. The molecule has 3 heteroatoms. The summed E-state index contributed by atoms with van der Waals surface area (Å²) in [5.41, 5.74) is 9.43. The molecule has 2 N–H and O–H groups in total. The van der Waals surface area contributed by atoms with E-state index in [1.54, 1.807) is 24.4 Å². The Bertz CT molecular complexity index is 534. The smallest absolute Gasteiger partial charge is 0.115 e. The van der Waals surface area contributed by atoms with Gasteiger partial charge in [0.2, 0.25) is 0 Å². The first-order chi connectivity index (χ1) is 8.76. The molecule has 0 fully saturated rings. The Morgan fingerprint density at radius 3 is 2.61 bits per heavy atom. The molecule has 1 atom stereocenters. The van der Waals surface area contributed by atoms with Crippen molar-refractivity contribution in [2.75, 3.05) is 0 Å². The summed E-state index contributed by atoms with van der Waals surface area (Å²) in [5, 5.41) is 0. The van der Waals surface area contributed by atoms with Crippen molar-refractivity contribution in [1.29, 1.82) is 0 Å². The van der Waals surface area contributed by atoms with Gasteiger partial charge in [0.1, 0.15) is 6.67 Å². The van der Waals surface area contributed by atoms with Crippen LogP contribution in [-0.2, 0) is 6.67 Å². The molecule has 1 heterocycles. The van der Waals surface area contributed by atoms with Crippen molar-refractivity contribution in [2.24, 2.45) is 5.73 Å². The summed E-state index contributed by atoms with van der Waals surface area (Å²) in [5.74, 6) is 0. The molecule has 2 nitrogen and oxygen atoms in total. The van der Waals surface area contributed by atoms with E-state index >= 15 is 0 Å². The second kappa shape index (κ2) is 5.56. The van der Waals surface area contributed by atoms with Gasteiger partial charge in [0.15, 0.2) is 0 Å². The third-order valence-corrected chi connectivity index (χ3v) is 2.88. The quantitative estimate of drug-likeness (QED) is 0.893. The normalized spacial score (nSPS) is 12.1. The van der Waals surface area contributed by atoms with Crippen LogP contribution in [0.4, 0.5) is 4.39 Å². The van der Waals surface area contributed by atoms with Crippen molar-refractivity contribution in [3.8, 4) is 0 Å². The zero-order chi connectivity index (χ0) is 13.0. The van der Waals surface area contributed by atoms with Crippen molar-refractivity contribution >= 4 is 6.08 Å². The molecule has 92 valence electrons. The lowest BCUT2D eigenvalue weighted by Gasteiger charge is -2.14. The molecule has 0 aliphatic heterocycles. The zero-order valence-corrected chi connectivity index (χ0v) is 10.0. The van der Waals surface area contributed by atoms with Gasteiger partial charge in [-0.05, 0) is 22.8 Å². The highest BCUT2D eigenvalue weighted by Crippen LogP contribution is 2.22. The van der Waals surface area contributed by atoms with Crippen LogP contribution in [0.25, 0.3) is 6.08 Å². The number of hydrogen-bond donors (Lipinski definition) is 1. The molecule has 0 saturated carbocycles. The molecule has 0 unspecified atom stereocenters. The van der Waals surface area contributed by atoms with Gasteiger partial charge in [0.05, 0.1) is 11.7 Å². The van der Waals surface area contributed by atoms with Gasteiger partial charge in [-0.2, -0.15) is 0 Å². The molecule has 0 aliphatic rings. The Kier molecular flexibility index (Phi) is 3.85. The maximum atomic E-state index is 12.4. The van der Waals surface area contributed by atoms with Gasteiger partial charge in [-0.25, -0.2) is 4.39 Å². The van der Waals surface area contributed by atoms with Crippen LogP contribution in [0.1, 0.15) is 28.4 Å². The molecular formula is C15H15FN2. The van der Waals surface area contributed by atoms with E-state index in [2.05, 4.69) is 11.6 Å². The predicted octanol–water partition coefficient (Wildman–Crippen LogP) is 3.24. The minimum absolute atomic E-state index is 0.326. The highest BCUT2D eigenvalue weighted by atomic mass is 19.1. The Morgan fingerprint density at radius 2 is 2.00 bits per heavy atom. The maximum absolute atomic E-state index is 12.4. The van der Waals surface area contributed by atoms with Gasteiger partial charge >= 0.3 is 0 Å². The fraction of sp³-hybridized carbons (Fsp3) is 0.133. The van der Waals surface area contributed by atoms with Gasteiger partial charge in [-0.1, -0.05) is 43.0 Å². The SMILES string of the molecule is C=Cc1cccnc1[C@@H](N)c1ccc(CF)cc1. The van der Waals surface area contributed by atoms with E-state index in [1.807, 2.05) is 24.3 Å². The van der Waals surface area contributed by atoms with E-state index in [1.165, 1.54) is 0 Å². The number of aromatic nitrogens is 1. The highest BCUT2D eigenvalue weighted by Gasteiger charge is 2.12. The molecule has 0 radical (unpaired) electrons. The third kappa shape index (κ3) is 2.46. The number of halogens is 1. The van der Waals surface area contributed by atoms with Crippen molar-refractivity contribution in [2.45, 2.75) is 12.7 Å². The largest absolute Gasteiger partial charge is 0.319 e. The molecule has 2 rings (SSSR count). The highest BCUT2D eigenvalue weighted by molar-refractivity contribution is 5.51. The molecule has 0 spiro atoms. The van der Waals surface area contributed by atoms with Gasteiger partial charge in [0, 0.05) is 6.20 Å². The van der Waals surface area contributed by atoms with Crippen LogP contribution in [0, 0.1) is 0 Å². The molecule has 1 aromatic heterocycles. The van der Waals surface area contributed by atoms with E-state index in [0.717, 1.165) is 16.8 Å². The van der Waals surface area contributed by atoms with E-state index in [9.17, 15) is 4.39 Å². The van der Waals surface area contributed by atoms with E-state index in [4.69, 9.17) is 5.73 Å². The molecular weight excluding hydrogens is 227 g/mol.